The number of fused-ring (bicyclic) bond motifs is 1. The minimum absolute atomic E-state index is 0.0602. The van der Waals surface area contributed by atoms with Gasteiger partial charge in [-0.1, -0.05) is 30.8 Å². The Morgan fingerprint density at radius 2 is 2.04 bits per heavy atom. The average Bonchev–Trinajstić information content (AvgIpc) is 3.07. The summed E-state index contributed by atoms with van der Waals surface area (Å²) in [6, 6.07) is 7.60. The van der Waals surface area contributed by atoms with Crippen molar-refractivity contribution >= 4 is 50.9 Å². The molecule has 0 saturated carbocycles. The van der Waals surface area contributed by atoms with Crippen LogP contribution in [0.5, 0.6) is 0 Å². The first-order valence-electron chi connectivity index (χ1n) is 8.20. The summed E-state index contributed by atoms with van der Waals surface area (Å²) in [6.45, 7) is 3.77. The largest absolute Gasteiger partial charge is 0.478 e. The van der Waals surface area contributed by atoms with Crippen molar-refractivity contribution in [2.75, 3.05) is 5.32 Å². The molecule has 3 aromatic rings. The molecule has 2 aromatic heterocycles. The van der Waals surface area contributed by atoms with Crippen LogP contribution in [0.25, 0.3) is 10.2 Å². The van der Waals surface area contributed by atoms with Crippen LogP contribution in [0.1, 0.15) is 29.8 Å². The highest BCUT2D eigenvalue weighted by atomic mass is 32.2. The monoisotopic (exact) mass is 403 g/mol. The smallest absolute Gasteiger partial charge is 0.337 e. The molecule has 0 fully saturated rings. The van der Waals surface area contributed by atoms with Gasteiger partial charge in [0.25, 0.3) is 5.56 Å². The Morgan fingerprint density at radius 1 is 1.33 bits per heavy atom. The molecule has 2 heterocycles. The first kappa shape index (κ1) is 19.1. The Bertz CT molecular complexity index is 1060. The number of rotatable bonds is 6. The minimum atomic E-state index is -1.17. The van der Waals surface area contributed by atoms with Crippen LogP contribution < -0.4 is 10.9 Å². The van der Waals surface area contributed by atoms with Crippen molar-refractivity contribution in [3.05, 3.63) is 51.1 Å². The van der Waals surface area contributed by atoms with E-state index in [1.54, 1.807) is 6.92 Å². The second-order valence-electron chi connectivity index (χ2n) is 5.81. The van der Waals surface area contributed by atoms with Crippen molar-refractivity contribution in [1.29, 1.82) is 0 Å². The summed E-state index contributed by atoms with van der Waals surface area (Å²) in [5.74, 6) is -1.39. The number of anilines is 1. The van der Waals surface area contributed by atoms with Gasteiger partial charge in [-0.05, 0) is 31.0 Å². The molecular formula is C18H17N3O4S2. The number of nitrogens with one attached hydrogen (secondary N) is 2. The van der Waals surface area contributed by atoms with Crippen LogP contribution in [0.4, 0.5) is 5.69 Å². The molecule has 0 spiro atoms. The Labute approximate surface area is 162 Å². The Morgan fingerprint density at radius 3 is 2.67 bits per heavy atom. The Balaban J connectivity index is 1.74. The summed E-state index contributed by atoms with van der Waals surface area (Å²) in [5, 5.41) is 13.2. The lowest BCUT2D eigenvalue weighted by atomic mass is 10.1. The Hall–Kier alpha value is -2.65. The van der Waals surface area contributed by atoms with E-state index in [0.717, 1.165) is 29.5 Å². The van der Waals surface area contributed by atoms with Crippen molar-refractivity contribution in [2.45, 2.75) is 30.7 Å². The molecule has 3 rings (SSSR count). The third-order valence-corrected chi connectivity index (χ3v) is 5.80. The molecule has 1 amide bonds. The van der Waals surface area contributed by atoms with Gasteiger partial charge in [0, 0.05) is 11.1 Å². The molecule has 0 saturated heterocycles. The van der Waals surface area contributed by atoms with Crippen molar-refractivity contribution < 1.29 is 14.7 Å². The lowest BCUT2D eigenvalue weighted by molar-refractivity contribution is -0.115. The van der Waals surface area contributed by atoms with E-state index in [-0.39, 0.29) is 22.0 Å². The first-order valence-corrected chi connectivity index (χ1v) is 9.96. The number of H-pyrrole nitrogens is 1. The van der Waals surface area contributed by atoms with Crippen LogP contribution >= 0.6 is 23.1 Å². The molecule has 0 aliphatic carbocycles. The summed E-state index contributed by atoms with van der Waals surface area (Å²) in [4.78, 5) is 42.9. The van der Waals surface area contributed by atoms with E-state index in [4.69, 9.17) is 5.11 Å². The summed E-state index contributed by atoms with van der Waals surface area (Å²) in [6.07, 6.45) is 0.925. The van der Waals surface area contributed by atoms with Crippen LogP contribution in [0, 0.1) is 0 Å². The molecule has 0 aliphatic rings. The van der Waals surface area contributed by atoms with Crippen molar-refractivity contribution in [1.82, 2.24) is 9.97 Å². The Kier molecular flexibility index (Phi) is 5.62. The summed E-state index contributed by atoms with van der Waals surface area (Å²) < 4.78 is 0. The maximum absolute atomic E-state index is 12.4. The van der Waals surface area contributed by atoms with Gasteiger partial charge in [-0.25, -0.2) is 9.78 Å². The molecule has 140 valence electrons. The number of carbonyl (C=O) groups excluding carboxylic acids is 1. The number of amides is 1. The highest BCUT2D eigenvalue weighted by Crippen LogP contribution is 2.25. The molecule has 7 nitrogen and oxygen atoms in total. The zero-order valence-electron chi connectivity index (χ0n) is 14.6. The number of hydrogen-bond donors (Lipinski definition) is 3. The normalized spacial score (nSPS) is 12.1. The minimum Gasteiger partial charge on any atom is -0.478 e. The van der Waals surface area contributed by atoms with E-state index >= 15 is 0 Å². The van der Waals surface area contributed by atoms with Gasteiger partial charge in [-0.2, -0.15) is 0 Å². The van der Waals surface area contributed by atoms with E-state index in [1.807, 2.05) is 24.3 Å². The van der Waals surface area contributed by atoms with Gasteiger partial charge in [0.05, 0.1) is 16.2 Å². The van der Waals surface area contributed by atoms with Gasteiger partial charge in [0.15, 0.2) is 5.16 Å². The summed E-state index contributed by atoms with van der Waals surface area (Å²) in [7, 11) is 0. The van der Waals surface area contributed by atoms with E-state index < -0.39 is 16.8 Å². The summed E-state index contributed by atoms with van der Waals surface area (Å²) >= 11 is 2.19. The van der Waals surface area contributed by atoms with Crippen LogP contribution in [0.15, 0.2) is 39.6 Å². The number of aromatic amines is 1. The zero-order chi connectivity index (χ0) is 19.6. The number of carboxylic acid groups (broad SMARTS) is 1. The molecule has 0 bridgehead atoms. The van der Waals surface area contributed by atoms with Crippen molar-refractivity contribution in [3.8, 4) is 0 Å². The number of aromatic nitrogens is 2. The lowest BCUT2D eigenvalue weighted by Crippen LogP contribution is -2.23. The molecule has 1 aromatic carbocycles. The van der Waals surface area contributed by atoms with Crippen molar-refractivity contribution in [2.24, 2.45) is 0 Å². The van der Waals surface area contributed by atoms with Gasteiger partial charge in [-0.15, -0.1) is 11.3 Å². The van der Waals surface area contributed by atoms with Crippen molar-refractivity contribution in [3.63, 3.8) is 0 Å². The third kappa shape index (κ3) is 4.20. The standard InChI is InChI=1S/C18H17N3O4S2/c1-3-10-4-6-11(7-5-10)19-14(22)9(2)27-18-20-15(23)13-12(17(24)25)8-26-16(13)21-18/h4-9H,3H2,1-2H3,(H,19,22)(H,24,25)(H,20,21,23). The van der Waals surface area contributed by atoms with E-state index in [0.29, 0.717) is 10.5 Å². The second kappa shape index (κ2) is 7.93. The maximum atomic E-state index is 12.4. The number of thiophene rings is 1. The average molecular weight is 403 g/mol. The SMILES string of the molecule is CCc1ccc(NC(=O)C(C)Sc2nc3scc(C(=O)O)c3c(=O)[nH]2)cc1. The maximum Gasteiger partial charge on any atom is 0.337 e. The van der Waals surface area contributed by atoms with Gasteiger partial charge < -0.3 is 15.4 Å². The van der Waals surface area contributed by atoms with Crippen LogP contribution in [-0.2, 0) is 11.2 Å². The third-order valence-electron chi connectivity index (χ3n) is 3.94. The van der Waals surface area contributed by atoms with Gasteiger partial charge in [0.2, 0.25) is 5.91 Å². The number of benzene rings is 1. The number of thioether (sulfide) groups is 1. The van der Waals surface area contributed by atoms with E-state index in [1.165, 1.54) is 10.9 Å². The lowest BCUT2D eigenvalue weighted by Gasteiger charge is -2.11. The molecule has 9 heteroatoms. The van der Waals surface area contributed by atoms with Crippen LogP contribution in [-0.4, -0.2) is 32.2 Å². The molecule has 3 N–H and O–H groups in total. The molecule has 1 atom stereocenters. The quantitative estimate of drug-likeness (QED) is 0.430. The van der Waals surface area contributed by atoms with Gasteiger partial charge >= 0.3 is 5.97 Å². The first-order chi connectivity index (χ1) is 12.9. The molecule has 1 unspecified atom stereocenters. The topological polar surface area (TPSA) is 112 Å². The second-order valence-corrected chi connectivity index (χ2v) is 7.99. The number of carboxylic acids is 1. The van der Waals surface area contributed by atoms with Crippen LogP contribution in [0.3, 0.4) is 0 Å². The highest BCUT2D eigenvalue weighted by molar-refractivity contribution is 8.00. The number of nitrogens with zero attached hydrogens (tertiary/aromatic N) is 1. The number of hydrogen-bond acceptors (Lipinski definition) is 6. The fourth-order valence-electron chi connectivity index (χ4n) is 2.43. The highest BCUT2D eigenvalue weighted by Gasteiger charge is 2.20. The molecule has 27 heavy (non-hydrogen) atoms. The number of aromatic carboxylic acids is 1. The number of carbonyl (C=O) groups is 2. The van der Waals surface area contributed by atoms with E-state index in [2.05, 4.69) is 22.2 Å². The van der Waals surface area contributed by atoms with Gasteiger partial charge in [0.1, 0.15) is 4.83 Å². The van der Waals surface area contributed by atoms with Crippen LogP contribution in [0.2, 0.25) is 0 Å². The molecule has 0 radical (unpaired) electrons. The fourth-order valence-corrected chi connectivity index (χ4v) is 4.20. The summed E-state index contributed by atoms with van der Waals surface area (Å²) in [5.41, 5.74) is 1.29. The van der Waals surface area contributed by atoms with E-state index in [9.17, 15) is 14.4 Å². The predicted octanol–water partition coefficient (Wildman–Crippen LogP) is 3.36. The van der Waals surface area contributed by atoms with Gasteiger partial charge in [-0.3, -0.25) is 9.59 Å². The zero-order valence-corrected chi connectivity index (χ0v) is 16.2. The molecule has 0 aliphatic heterocycles. The fraction of sp³-hybridized carbons (Fsp3) is 0.222. The predicted molar refractivity (Wildman–Crippen MR) is 107 cm³/mol. The molecular weight excluding hydrogens is 386 g/mol. The number of aryl methyl sites for hydroxylation is 1.